The van der Waals surface area contributed by atoms with Gasteiger partial charge in [0.25, 0.3) is 0 Å². The average Bonchev–Trinajstić information content (AvgIpc) is 2.35. The van der Waals surface area contributed by atoms with Crippen LogP contribution in [0.25, 0.3) is 0 Å². The molecule has 1 unspecified atom stereocenters. The quantitative estimate of drug-likeness (QED) is 0.453. The van der Waals surface area contributed by atoms with Crippen molar-refractivity contribution in [2.24, 2.45) is 0 Å². The molecule has 0 fully saturated rings. The predicted molar refractivity (Wildman–Crippen MR) is 71.7 cm³/mol. The van der Waals surface area contributed by atoms with Crippen molar-refractivity contribution in [1.29, 1.82) is 0 Å². The highest BCUT2D eigenvalue weighted by Crippen LogP contribution is 1.90. The Hall–Kier alpha value is -1.05. The van der Waals surface area contributed by atoms with Crippen LogP contribution in [0.2, 0.25) is 0 Å². The Morgan fingerprint density at radius 3 is 2.59 bits per heavy atom. The standard InChI is InChI=1S/C13H25N3O/c1-5-9-15-13(17)12(4)14-10-8-11-16(6-2)7-3/h1,12,14H,6-11H2,2-4H3,(H,15,17). The lowest BCUT2D eigenvalue weighted by atomic mass is 10.3. The molecule has 0 aromatic rings. The molecule has 0 saturated heterocycles. The molecular formula is C13H25N3O. The third-order valence-electron chi connectivity index (χ3n) is 2.75. The predicted octanol–water partition coefficient (Wildman–Crippen LogP) is 0.446. The Morgan fingerprint density at radius 2 is 2.06 bits per heavy atom. The lowest BCUT2D eigenvalue weighted by Crippen LogP contribution is -2.43. The molecule has 0 bridgehead atoms. The number of carbonyl (C=O) groups excluding carboxylic acids is 1. The van der Waals surface area contributed by atoms with Crippen molar-refractivity contribution >= 4 is 5.91 Å². The van der Waals surface area contributed by atoms with E-state index in [4.69, 9.17) is 6.42 Å². The van der Waals surface area contributed by atoms with Gasteiger partial charge < -0.3 is 15.5 Å². The fourth-order valence-electron chi connectivity index (χ4n) is 1.55. The van der Waals surface area contributed by atoms with E-state index < -0.39 is 0 Å². The van der Waals surface area contributed by atoms with Gasteiger partial charge in [0.05, 0.1) is 12.6 Å². The Balaban J connectivity index is 3.60. The average molecular weight is 239 g/mol. The summed E-state index contributed by atoms with van der Waals surface area (Å²) in [6.07, 6.45) is 6.12. The minimum atomic E-state index is -0.181. The molecule has 0 spiro atoms. The molecule has 0 saturated carbocycles. The van der Waals surface area contributed by atoms with Crippen molar-refractivity contribution in [2.75, 3.05) is 32.7 Å². The first-order chi connectivity index (χ1) is 8.15. The van der Waals surface area contributed by atoms with Gasteiger partial charge in [0, 0.05) is 0 Å². The van der Waals surface area contributed by atoms with Crippen LogP contribution in [0.4, 0.5) is 0 Å². The molecule has 4 nitrogen and oxygen atoms in total. The van der Waals surface area contributed by atoms with E-state index in [0.29, 0.717) is 6.54 Å². The van der Waals surface area contributed by atoms with E-state index >= 15 is 0 Å². The first-order valence-corrected chi connectivity index (χ1v) is 6.32. The molecule has 0 aliphatic rings. The number of hydrogen-bond donors (Lipinski definition) is 2. The summed E-state index contributed by atoms with van der Waals surface area (Å²) < 4.78 is 0. The van der Waals surface area contributed by atoms with Gasteiger partial charge >= 0.3 is 0 Å². The summed E-state index contributed by atoms with van der Waals surface area (Å²) in [6, 6.07) is -0.181. The van der Waals surface area contributed by atoms with Crippen molar-refractivity contribution in [2.45, 2.75) is 33.2 Å². The summed E-state index contributed by atoms with van der Waals surface area (Å²) in [7, 11) is 0. The number of nitrogens with zero attached hydrogens (tertiary/aromatic N) is 1. The maximum atomic E-state index is 11.5. The van der Waals surface area contributed by atoms with Crippen molar-refractivity contribution in [1.82, 2.24) is 15.5 Å². The van der Waals surface area contributed by atoms with Crippen molar-refractivity contribution in [3.8, 4) is 12.3 Å². The second kappa shape index (κ2) is 10.1. The molecule has 0 aliphatic carbocycles. The number of rotatable bonds is 9. The fraction of sp³-hybridized carbons (Fsp3) is 0.769. The van der Waals surface area contributed by atoms with E-state index in [-0.39, 0.29) is 11.9 Å². The smallest absolute Gasteiger partial charge is 0.237 e. The molecule has 0 aliphatic heterocycles. The number of terminal acetylenes is 1. The van der Waals surface area contributed by atoms with Crippen LogP contribution >= 0.6 is 0 Å². The summed E-state index contributed by atoms with van der Waals surface area (Å²) in [4.78, 5) is 13.8. The summed E-state index contributed by atoms with van der Waals surface area (Å²) in [5, 5.41) is 5.84. The molecule has 0 aromatic heterocycles. The fourth-order valence-corrected chi connectivity index (χ4v) is 1.55. The van der Waals surface area contributed by atoms with Crippen LogP contribution in [0.15, 0.2) is 0 Å². The number of amides is 1. The molecule has 0 aromatic carbocycles. The Kier molecular flexibility index (Phi) is 9.50. The number of carbonyl (C=O) groups is 1. The van der Waals surface area contributed by atoms with Crippen LogP contribution in [-0.4, -0.2) is 49.6 Å². The van der Waals surface area contributed by atoms with Crippen LogP contribution in [0, 0.1) is 12.3 Å². The third kappa shape index (κ3) is 7.78. The van der Waals surface area contributed by atoms with Gasteiger partial charge in [-0.3, -0.25) is 4.79 Å². The van der Waals surface area contributed by atoms with Gasteiger partial charge in [-0.05, 0) is 39.5 Å². The molecule has 17 heavy (non-hydrogen) atoms. The lowest BCUT2D eigenvalue weighted by Gasteiger charge is -2.18. The van der Waals surface area contributed by atoms with Gasteiger partial charge in [0.15, 0.2) is 0 Å². The maximum absolute atomic E-state index is 11.5. The van der Waals surface area contributed by atoms with Crippen LogP contribution in [0.1, 0.15) is 27.2 Å². The van der Waals surface area contributed by atoms with Crippen LogP contribution in [0.3, 0.4) is 0 Å². The van der Waals surface area contributed by atoms with Crippen molar-refractivity contribution in [3.05, 3.63) is 0 Å². The molecular weight excluding hydrogens is 214 g/mol. The summed E-state index contributed by atoms with van der Waals surface area (Å²) >= 11 is 0. The first-order valence-electron chi connectivity index (χ1n) is 6.32. The molecule has 1 amide bonds. The van der Waals surface area contributed by atoms with E-state index in [1.54, 1.807) is 0 Å². The van der Waals surface area contributed by atoms with Crippen molar-refractivity contribution in [3.63, 3.8) is 0 Å². The zero-order chi connectivity index (χ0) is 13.1. The molecule has 4 heteroatoms. The Bertz CT molecular complexity index is 244. The number of hydrogen-bond acceptors (Lipinski definition) is 3. The maximum Gasteiger partial charge on any atom is 0.237 e. The second-order valence-corrected chi connectivity index (χ2v) is 3.98. The van der Waals surface area contributed by atoms with Gasteiger partial charge in [0.1, 0.15) is 0 Å². The minimum absolute atomic E-state index is 0.0363. The highest BCUT2D eigenvalue weighted by molar-refractivity contribution is 5.81. The van der Waals surface area contributed by atoms with Crippen LogP contribution in [0.5, 0.6) is 0 Å². The minimum Gasteiger partial charge on any atom is -0.344 e. The van der Waals surface area contributed by atoms with E-state index in [2.05, 4.69) is 35.3 Å². The topological polar surface area (TPSA) is 44.4 Å². The second-order valence-electron chi connectivity index (χ2n) is 3.98. The molecule has 2 N–H and O–H groups in total. The van der Waals surface area contributed by atoms with Gasteiger partial charge in [0.2, 0.25) is 5.91 Å². The molecule has 0 radical (unpaired) electrons. The zero-order valence-electron chi connectivity index (χ0n) is 11.3. The summed E-state index contributed by atoms with van der Waals surface area (Å²) in [5.74, 6) is 2.35. The SMILES string of the molecule is C#CCNC(=O)C(C)NCCCN(CC)CC. The summed E-state index contributed by atoms with van der Waals surface area (Å²) in [6.45, 7) is 10.5. The van der Waals surface area contributed by atoms with E-state index in [9.17, 15) is 4.79 Å². The highest BCUT2D eigenvalue weighted by atomic mass is 16.2. The molecule has 1 atom stereocenters. The first kappa shape index (κ1) is 16.0. The van der Waals surface area contributed by atoms with E-state index in [1.165, 1.54) is 0 Å². The Labute approximate surface area is 105 Å². The van der Waals surface area contributed by atoms with Crippen molar-refractivity contribution < 1.29 is 4.79 Å². The largest absolute Gasteiger partial charge is 0.344 e. The zero-order valence-corrected chi connectivity index (χ0v) is 11.3. The monoisotopic (exact) mass is 239 g/mol. The highest BCUT2D eigenvalue weighted by Gasteiger charge is 2.10. The van der Waals surface area contributed by atoms with Gasteiger partial charge in [-0.25, -0.2) is 0 Å². The Morgan fingerprint density at radius 1 is 1.41 bits per heavy atom. The van der Waals surface area contributed by atoms with E-state index in [1.807, 2.05) is 6.92 Å². The van der Waals surface area contributed by atoms with E-state index in [0.717, 1.165) is 32.6 Å². The van der Waals surface area contributed by atoms with Gasteiger partial charge in [-0.1, -0.05) is 19.8 Å². The van der Waals surface area contributed by atoms with Crippen LogP contribution in [-0.2, 0) is 4.79 Å². The van der Waals surface area contributed by atoms with Gasteiger partial charge in [-0.15, -0.1) is 6.42 Å². The molecule has 0 heterocycles. The summed E-state index contributed by atoms with van der Waals surface area (Å²) in [5.41, 5.74) is 0. The lowest BCUT2D eigenvalue weighted by molar-refractivity contribution is -0.122. The third-order valence-corrected chi connectivity index (χ3v) is 2.75. The molecule has 0 rings (SSSR count). The van der Waals surface area contributed by atoms with Gasteiger partial charge in [-0.2, -0.15) is 0 Å². The van der Waals surface area contributed by atoms with Crippen LogP contribution < -0.4 is 10.6 Å². The molecule has 98 valence electrons. The number of nitrogens with one attached hydrogen (secondary N) is 2. The normalized spacial score (nSPS) is 12.2.